The van der Waals surface area contributed by atoms with Crippen molar-refractivity contribution in [3.8, 4) is 0 Å². The zero-order chi connectivity index (χ0) is 15.5. The lowest BCUT2D eigenvalue weighted by atomic mass is 10.1. The maximum absolute atomic E-state index is 12.0. The number of benzene rings is 1. The van der Waals surface area contributed by atoms with E-state index in [0.29, 0.717) is 23.7 Å². The predicted octanol–water partition coefficient (Wildman–Crippen LogP) is 2.12. The second-order valence-electron chi connectivity index (χ2n) is 5.28. The van der Waals surface area contributed by atoms with E-state index >= 15 is 0 Å². The Balaban J connectivity index is 1.59. The van der Waals surface area contributed by atoms with Gasteiger partial charge in [-0.25, -0.2) is 4.98 Å². The Kier molecular flexibility index (Phi) is 4.20. The summed E-state index contributed by atoms with van der Waals surface area (Å²) in [5.74, 6) is -1.43. The van der Waals surface area contributed by atoms with E-state index < -0.39 is 11.9 Å². The van der Waals surface area contributed by atoms with Crippen LogP contribution in [-0.2, 0) is 29.0 Å². The summed E-state index contributed by atoms with van der Waals surface area (Å²) in [6.07, 6.45) is 1.57. The fraction of sp³-hybridized carbons (Fsp3) is 0.312. The van der Waals surface area contributed by atoms with E-state index in [1.54, 1.807) is 0 Å². The molecule has 1 atom stereocenters. The highest BCUT2D eigenvalue weighted by atomic mass is 32.1. The molecule has 3 rings (SSSR count). The number of carboxylic acid groups (broad SMARTS) is 1. The minimum atomic E-state index is -0.830. The van der Waals surface area contributed by atoms with E-state index in [9.17, 15) is 9.59 Å². The van der Waals surface area contributed by atoms with Crippen LogP contribution in [0.4, 0.5) is 0 Å². The maximum Gasteiger partial charge on any atom is 0.312 e. The van der Waals surface area contributed by atoms with E-state index in [-0.39, 0.29) is 12.3 Å². The van der Waals surface area contributed by atoms with E-state index in [2.05, 4.69) is 10.3 Å². The lowest BCUT2D eigenvalue weighted by Gasteiger charge is -2.04. The number of carboxylic acids is 1. The minimum Gasteiger partial charge on any atom is -0.481 e. The van der Waals surface area contributed by atoms with Gasteiger partial charge in [0, 0.05) is 11.4 Å². The maximum atomic E-state index is 12.0. The summed E-state index contributed by atoms with van der Waals surface area (Å²) in [5.41, 5.74) is 1.70. The molecule has 2 aromatic rings. The smallest absolute Gasteiger partial charge is 0.312 e. The molecule has 22 heavy (non-hydrogen) atoms. The van der Waals surface area contributed by atoms with Crippen molar-refractivity contribution in [1.29, 1.82) is 0 Å². The third-order valence-corrected chi connectivity index (χ3v) is 4.84. The van der Waals surface area contributed by atoms with Crippen LogP contribution in [-0.4, -0.2) is 22.0 Å². The molecule has 1 heterocycles. The monoisotopic (exact) mass is 316 g/mol. The van der Waals surface area contributed by atoms with Crippen LogP contribution >= 0.6 is 11.3 Å². The summed E-state index contributed by atoms with van der Waals surface area (Å²) in [4.78, 5) is 28.5. The predicted molar refractivity (Wildman–Crippen MR) is 82.8 cm³/mol. The van der Waals surface area contributed by atoms with Crippen molar-refractivity contribution >= 4 is 23.2 Å². The lowest BCUT2D eigenvalue weighted by Crippen LogP contribution is -2.24. The molecular formula is C16H16N2O3S. The molecule has 1 aliphatic carbocycles. The van der Waals surface area contributed by atoms with E-state index in [1.165, 1.54) is 11.3 Å². The Hall–Kier alpha value is -2.21. The highest BCUT2D eigenvalue weighted by molar-refractivity contribution is 7.11. The Morgan fingerprint density at radius 1 is 1.32 bits per heavy atom. The molecule has 1 aromatic heterocycles. The van der Waals surface area contributed by atoms with Gasteiger partial charge in [-0.2, -0.15) is 0 Å². The van der Waals surface area contributed by atoms with Gasteiger partial charge in [0.1, 0.15) is 10.9 Å². The molecule has 0 aliphatic heterocycles. The Morgan fingerprint density at radius 2 is 2.09 bits per heavy atom. The number of aliphatic carboxylic acids is 1. The number of aryl methyl sites for hydroxylation is 1. The molecule has 114 valence electrons. The molecule has 0 bridgehead atoms. The first kappa shape index (κ1) is 14.7. The number of thiazole rings is 1. The van der Waals surface area contributed by atoms with Gasteiger partial charge < -0.3 is 10.4 Å². The second-order valence-corrected chi connectivity index (χ2v) is 6.45. The van der Waals surface area contributed by atoms with Gasteiger partial charge in [-0.3, -0.25) is 9.59 Å². The summed E-state index contributed by atoms with van der Waals surface area (Å²) >= 11 is 1.46. The first-order chi connectivity index (χ1) is 10.6. The summed E-state index contributed by atoms with van der Waals surface area (Å²) in [7, 11) is 0. The van der Waals surface area contributed by atoms with Gasteiger partial charge in [0.15, 0.2) is 0 Å². The van der Waals surface area contributed by atoms with Crippen LogP contribution in [0.3, 0.4) is 0 Å². The second kappa shape index (κ2) is 6.27. The molecule has 6 heteroatoms. The van der Waals surface area contributed by atoms with Crippen molar-refractivity contribution in [3.63, 3.8) is 0 Å². The van der Waals surface area contributed by atoms with Crippen LogP contribution in [0.15, 0.2) is 30.3 Å². The number of rotatable bonds is 5. The zero-order valence-corrected chi connectivity index (χ0v) is 12.7. The largest absolute Gasteiger partial charge is 0.481 e. The molecule has 0 fully saturated rings. The number of hydrogen-bond acceptors (Lipinski definition) is 4. The average molecular weight is 316 g/mol. The van der Waals surface area contributed by atoms with E-state index in [4.69, 9.17) is 5.11 Å². The van der Waals surface area contributed by atoms with Crippen molar-refractivity contribution in [1.82, 2.24) is 10.3 Å². The highest BCUT2D eigenvalue weighted by Gasteiger charge is 2.32. The van der Waals surface area contributed by atoms with E-state index in [0.717, 1.165) is 16.9 Å². The summed E-state index contributed by atoms with van der Waals surface area (Å²) < 4.78 is 0. The first-order valence-electron chi connectivity index (χ1n) is 7.15. The van der Waals surface area contributed by atoms with Gasteiger partial charge in [-0.15, -0.1) is 11.3 Å². The van der Waals surface area contributed by atoms with Gasteiger partial charge >= 0.3 is 5.97 Å². The third-order valence-electron chi connectivity index (χ3n) is 3.70. The molecule has 0 saturated carbocycles. The molecule has 0 spiro atoms. The number of carbonyl (C=O) groups excluding carboxylic acids is 1. The third kappa shape index (κ3) is 3.17. The number of nitrogens with one attached hydrogen (secondary N) is 1. The van der Waals surface area contributed by atoms with Crippen molar-refractivity contribution in [2.75, 3.05) is 0 Å². The van der Waals surface area contributed by atoms with Crippen LogP contribution in [0, 0.1) is 0 Å². The summed E-state index contributed by atoms with van der Waals surface area (Å²) in [6, 6.07) is 9.70. The quantitative estimate of drug-likeness (QED) is 0.885. The number of hydrogen-bond donors (Lipinski definition) is 2. The standard InChI is InChI=1S/C16H16N2O3S/c19-13(17-9-10-4-2-1-3-5-10)8-14-18-15-11(16(20)21)6-7-12(15)22-14/h1-5,11H,6-9H2,(H,17,19)(H,20,21). The van der Waals surface area contributed by atoms with Crippen molar-refractivity contribution < 1.29 is 14.7 Å². The average Bonchev–Trinajstić information content (AvgIpc) is 3.05. The van der Waals surface area contributed by atoms with Crippen LogP contribution in [0.2, 0.25) is 0 Å². The van der Waals surface area contributed by atoms with Crippen LogP contribution in [0.1, 0.15) is 33.5 Å². The number of amides is 1. The fourth-order valence-electron chi connectivity index (χ4n) is 2.59. The molecule has 1 amide bonds. The molecule has 1 unspecified atom stereocenters. The van der Waals surface area contributed by atoms with Gasteiger partial charge in [0.25, 0.3) is 0 Å². The number of carbonyl (C=O) groups is 2. The van der Waals surface area contributed by atoms with Gasteiger partial charge in [-0.05, 0) is 18.4 Å². The molecule has 0 saturated heterocycles. The van der Waals surface area contributed by atoms with Crippen molar-refractivity contribution in [2.24, 2.45) is 0 Å². The molecule has 1 aromatic carbocycles. The molecule has 1 aliphatic rings. The van der Waals surface area contributed by atoms with Gasteiger partial charge in [0.2, 0.25) is 5.91 Å². The zero-order valence-electron chi connectivity index (χ0n) is 11.9. The Bertz CT molecular complexity index is 697. The van der Waals surface area contributed by atoms with Crippen LogP contribution < -0.4 is 5.32 Å². The first-order valence-corrected chi connectivity index (χ1v) is 7.97. The molecule has 5 nitrogen and oxygen atoms in total. The number of aromatic nitrogens is 1. The van der Waals surface area contributed by atoms with Crippen LogP contribution in [0.25, 0.3) is 0 Å². The SMILES string of the molecule is O=C(Cc1nc2c(s1)CCC2C(=O)O)NCc1ccccc1. The number of fused-ring (bicyclic) bond motifs is 1. The Morgan fingerprint density at radius 3 is 2.82 bits per heavy atom. The minimum absolute atomic E-state index is 0.0943. The topological polar surface area (TPSA) is 79.3 Å². The normalized spacial score (nSPS) is 16.3. The lowest BCUT2D eigenvalue weighted by molar-refractivity contribution is -0.138. The highest BCUT2D eigenvalue weighted by Crippen LogP contribution is 2.36. The van der Waals surface area contributed by atoms with E-state index in [1.807, 2.05) is 30.3 Å². The van der Waals surface area contributed by atoms with Crippen molar-refractivity contribution in [2.45, 2.75) is 31.7 Å². The summed E-state index contributed by atoms with van der Waals surface area (Å²) in [6.45, 7) is 0.489. The number of nitrogens with zero attached hydrogens (tertiary/aromatic N) is 1. The molecule has 0 radical (unpaired) electrons. The Labute approximate surface area is 132 Å². The molecular weight excluding hydrogens is 300 g/mol. The van der Waals surface area contributed by atoms with Gasteiger partial charge in [-0.1, -0.05) is 30.3 Å². The summed E-state index contributed by atoms with van der Waals surface area (Å²) in [5, 5.41) is 12.7. The van der Waals surface area contributed by atoms with Gasteiger partial charge in [0.05, 0.1) is 12.1 Å². The molecule has 2 N–H and O–H groups in total. The van der Waals surface area contributed by atoms with Crippen LogP contribution in [0.5, 0.6) is 0 Å². The fourth-order valence-corrected chi connectivity index (χ4v) is 3.73. The van der Waals surface area contributed by atoms with Crippen molar-refractivity contribution in [3.05, 3.63) is 51.5 Å².